The number of alkyl halides is 1. The second-order valence-electron chi connectivity index (χ2n) is 4.63. The first-order chi connectivity index (χ1) is 9.11. The van der Waals surface area contributed by atoms with E-state index in [9.17, 15) is 4.79 Å². The van der Waals surface area contributed by atoms with E-state index in [0.717, 1.165) is 40.4 Å². The fourth-order valence-electron chi connectivity index (χ4n) is 2.07. The number of rotatable bonds is 5. The van der Waals surface area contributed by atoms with E-state index < -0.39 is 0 Å². The van der Waals surface area contributed by atoms with Crippen LogP contribution in [0.25, 0.3) is 11.0 Å². The number of ether oxygens (including phenoxy) is 1. The lowest BCUT2D eigenvalue weighted by molar-refractivity contribution is 0.313. The predicted molar refractivity (Wildman–Crippen MR) is 80.5 cm³/mol. The minimum Gasteiger partial charge on any atom is -0.493 e. The van der Waals surface area contributed by atoms with Crippen molar-refractivity contribution in [2.24, 2.45) is 0 Å². The highest BCUT2D eigenvalue weighted by Gasteiger charge is 2.09. The van der Waals surface area contributed by atoms with Gasteiger partial charge in [0.25, 0.3) is 0 Å². The largest absolute Gasteiger partial charge is 0.493 e. The number of aryl methyl sites for hydroxylation is 2. The van der Waals surface area contributed by atoms with Gasteiger partial charge in [0, 0.05) is 11.4 Å². The van der Waals surface area contributed by atoms with Crippen LogP contribution in [0.15, 0.2) is 27.4 Å². The molecule has 0 saturated heterocycles. The third-order valence-electron chi connectivity index (χ3n) is 2.94. The van der Waals surface area contributed by atoms with Crippen LogP contribution < -0.4 is 10.4 Å². The van der Waals surface area contributed by atoms with Crippen molar-refractivity contribution in [2.75, 3.05) is 11.9 Å². The first-order valence-corrected chi connectivity index (χ1v) is 7.48. The first-order valence-electron chi connectivity index (χ1n) is 6.35. The van der Waals surface area contributed by atoms with Gasteiger partial charge in [-0.3, -0.25) is 0 Å². The van der Waals surface area contributed by atoms with Crippen molar-refractivity contribution in [3.05, 3.63) is 39.7 Å². The van der Waals surface area contributed by atoms with Crippen LogP contribution in [-0.2, 0) is 0 Å². The van der Waals surface area contributed by atoms with E-state index >= 15 is 0 Å². The number of hydrogen-bond acceptors (Lipinski definition) is 3. The van der Waals surface area contributed by atoms with Gasteiger partial charge in [-0.2, -0.15) is 0 Å². The van der Waals surface area contributed by atoms with Gasteiger partial charge < -0.3 is 9.15 Å². The molecule has 0 spiro atoms. The number of unbranched alkanes of at least 4 members (excludes halogenated alkanes) is 1. The lowest BCUT2D eigenvalue weighted by Gasteiger charge is -2.11. The van der Waals surface area contributed by atoms with Crippen molar-refractivity contribution in [3.63, 3.8) is 0 Å². The molecule has 0 radical (unpaired) electrons. The van der Waals surface area contributed by atoms with Crippen LogP contribution in [-0.4, -0.2) is 11.9 Å². The van der Waals surface area contributed by atoms with Gasteiger partial charge in [-0.1, -0.05) is 15.9 Å². The van der Waals surface area contributed by atoms with Crippen molar-refractivity contribution in [2.45, 2.75) is 26.7 Å². The summed E-state index contributed by atoms with van der Waals surface area (Å²) in [5, 5.41) is 1.88. The maximum Gasteiger partial charge on any atom is 0.336 e. The molecule has 4 heteroatoms. The molecule has 0 aliphatic carbocycles. The quantitative estimate of drug-likeness (QED) is 0.474. The molecule has 3 nitrogen and oxygen atoms in total. The summed E-state index contributed by atoms with van der Waals surface area (Å²) >= 11 is 3.40. The van der Waals surface area contributed by atoms with Crippen molar-refractivity contribution < 1.29 is 9.15 Å². The molecule has 0 atom stereocenters. The maximum atomic E-state index is 11.4. The monoisotopic (exact) mass is 324 g/mol. The Balaban J connectivity index is 2.39. The molecule has 2 aromatic rings. The Bertz CT molecular complexity index is 631. The Morgan fingerprint density at radius 1 is 1.21 bits per heavy atom. The Morgan fingerprint density at radius 3 is 2.74 bits per heavy atom. The Morgan fingerprint density at radius 2 is 2.00 bits per heavy atom. The van der Waals surface area contributed by atoms with E-state index in [4.69, 9.17) is 9.15 Å². The zero-order valence-corrected chi connectivity index (χ0v) is 12.7. The van der Waals surface area contributed by atoms with Crippen molar-refractivity contribution in [1.82, 2.24) is 0 Å². The fourth-order valence-corrected chi connectivity index (χ4v) is 2.47. The Kier molecular flexibility index (Phi) is 4.64. The van der Waals surface area contributed by atoms with Gasteiger partial charge in [0.05, 0.1) is 12.0 Å². The Labute approximate surface area is 120 Å². The van der Waals surface area contributed by atoms with Gasteiger partial charge in [-0.25, -0.2) is 4.79 Å². The van der Waals surface area contributed by atoms with Crippen LogP contribution in [0.2, 0.25) is 0 Å². The second kappa shape index (κ2) is 6.24. The van der Waals surface area contributed by atoms with Crippen molar-refractivity contribution >= 4 is 26.9 Å². The van der Waals surface area contributed by atoms with E-state index in [1.807, 2.05) is 26.0 Å². The molecule has 0 bridgehead atoms. The van der Waals surface area contributed by atoms with E-state index in [0.29, 0.717) is 12.2 Å². The maximum absolute atomic E-state index is 11.4. The SMILES string of the molecule is Cc1cc(OCCCCBr)c2c(C)cc(=O)oc2c1. The van der Waals surface area contributed by atoms with Crippen LogP contribution in [0.5, 0.6) is 5.75 Å². The molecular formula is C15H17BrO3. The molecule has 0 amide bonds. The highest BCUT2D eigenvalue weighted by molar-refractivity contribution is 9.09. The molecule has 19 heavy (non-hydrogen) atoms. The van der Waals surface area contributed by atoms with E-state index in [1.165, 1.54) is 6.07 Å². The summed E-state index contributed by atoms with van der Waals surface area (Å²) in [6.07, 6.45) is 2.08. The lowest BCUT2D eigenvalue weighted by Crippen LogP contribution is -2.02. The molecule has 1 aromatic carbocycles. The number of hydrogen-bond donors (Lipinski definition) is 0. The number of fused-ring (bicyclic) bond motifs is 1. The van der Waals surface area contributed by atoms with Gasteiger partial charge in [-0.05, 0) is 49.9 Å². The zero-order valence-electron chi connectivity index (χ0n) is 11.2. The van der Waals surface area contributed by atoms with E-state index in [2.05, 4.69) is 15.9 Å². The van der Waals surface area contributed by atoms with Gasteiger partial charge in [-0.15, -0.1) is 0 Å². The molecule has 2 rings (SSSR count). The molecule has 0 aliphatic heterocycles. The van der Waals surface area contributed by atoms with Gasteiger partial charge in [0.2, 0.25) is 0 Å². The number of benzene rings is 1. The Hall–Kier alpha value is -1.29. The molecular weight excluding hydrogens is 308 g/mol. The van der Waals surface area contributed by atoms with Crippen LogP contribution in [0, 0.1) is 13.8 Å². The van der Waals surface area contributed by atoms with Crippen LogP contribution in [0.3, 0.4) is 0 Å². The topological polar surface area (TPSA) is 39.4 Å². The van der Waals surface area contributed by atoms with E-state index in [1.54, 1.807) is 0 Å². The average Bonchev–Trinajstić information content (AvgIpc) is 2.33. The summed E-state index contributed by atoms with van der Waals surface area (Å²) in [7, 11) is 0. The number of halogens is 1. The summed E-state index contributed by atoms with van der Waals surface area (Å²) in [5.74, 6) is 0.797. The molecule has 1 heterocycles. The van der Waals surface area contributed by atoms with Gasteiger partial charge in [0.15, 0.2) is 0 Å². The smallest absolute Gasteiger partial charge is 0.336 e. The zero-order chi connectivity index (χ0) is 13.8. The minimum absolute atomic E-state index is 0.319. The van der Waals surface area contributed by atoms with Crippen LogP contribution in [0.4, 0.5) is 0 Å². The summed E-state index contributed by atoms with van der Waals surface area (Å²) in [6.45, 7) is 4.54. The first kappa shape index (κ1) is 14.1. The van der Waals surface area contributed by atoms with Crippen LogP contribution >= 0.6 is 15.9 Å². The highest BCUT2D eigenvalue weighted by atomic mass is 79.9. The summed E-state index contributed by atoms with van der Waals surface area (Å²) in [4.78, 5) is 11.4. The fraction of sp³-hybridized carbons (Fsp3) is 0.400. The molecule has 0 fully saturated rings. The normalized spacial score (nSPS) is 10.9. The predicted octanol–water partition coefficient (Wildman–Crippen LogP) is 3.96. The molecule has 102 valence electrons. The molecule has 0 N–H and O–H groups in total. The highest BCUT2D eigenvalue weighted by Crippen LogP contribution is 2.29. The molecule has 0 aliphatic rings. The molecule has 1 aromatic heterocycles. The van der Waals surface area contributed by atoms with Crippen molar-refractivity contribution in [3.8, 4) is 5.75 Å². The molecule has 0 unspecified atom stereocenters. The third kappa shape index (κ3) is 3.38. The van der Waals surface area contributed by atoms with Gasteiger partial charge >= 0.3 is 5.63 Å². The third-order valence-corrected chi connectivity index (χ3v) is 3.50. The minimum atomic E-state index is -0.319. The summed E-state index contributed by atoms with van der Waals surface area (Å²) in [6, 6.07) is 5.36. The standard InChI is InChI=1S/C15H17BrO3/c1-10-7-12(18-6-4-3-5-16)15-11(2)9-14(17)19-13(15)8-10/h7-9H,3-6H2,1-2H3. The molecule has 0 saturated carbocycles. The van der Waals surface area contributed by atoms with Gasteiger partial charge in [0.1, 0.15) is 11.3 Å². The summed E-state index contributed by atoms with van der Waals surface area (Å²) < 4.78 is 11.1. The lowest BCUT2D eigenvalue weighted by atomic mass is 10.1. The second-order valence-corrected chi connectivity index (χ2v) is 5.42. The van der Waals surface area contributed by atoms with Crippen LogP contribution in [0.1, 0.15) is 24.0 Å². The van der Waals surface area contributed by atoms with E-state index in [-0.39, 0.29) is 5.63 Å². The summed E-state index contributed by atoms with van der Waals surface area (Å²) in [5.41, 5.74) is 2.19. The van der Waals surface area contributed by atoms with Crippen molar-refractivity contribution in [1.29, 1.82) is 0 Å². The average molecular weight is 325 g/mol.